The number of rotatable bonds is 3. The molecule has 1 aliphatic rings. The van der Waals surface area contributed by atoms with Crippen molar-refractivity contribution in [3.8, 4) is 0 Å². The Morgan fingerprint density at radius 3 is 2.79 bits per heavy atom. The summed E-state index contributed by atoms with van der Waals surface area (Å²) in [6.07, 6.45) is 1.25. The number of nitrogens with one attached hydrogen (secondary N) is 1. The maximum absolute atomic E-state index is 12.7. The topological polar surface area (TPSA) is 52.0 Å². The molecule has 0 aromatic carbocycles. The fourth-order valence-corrected chi connectivity index (χ4v) is 2.94. The first-order valence-electron chi connectivity index (χ1n) is 7.44. The van der Waals surface area contributed by atoms with E-state index in [2.05, 4.69) is 15.4 Å². The number of nitrogens with zero attached hydrogens (tertiary/aromatic N) is 3. The molecule has 0 amide bonds. The van der Waals surface area contributed by atoms with Crippen molar-refractivity contribution in [2.75, 3.05) is 11.9 Å². The summed E-state index contributed by atoms with van der Waals surface area (Å²) in [5, 5.41) is 7.18. The minimum atomic E-state index is -4.47. The number of aromatic nitrogens is 3. The monoisotopic (exact) mass is 360 g/mol. The van der Waals surface area contributed by atoms with Gasteiger partial charge in [0, 0.05) is 31.6 Å². The second-order valence-corrected chi connectivity index (χ2v) is 6.09. The summed E-state index contributed by atoms with van der Waals surface area (Å²) in [6, 6.07) is 0.726. The molecule has 5 nitrogen and oxygen atoms in total. The molecule has 0 bridgehead atoms. The van der Waals surface area contributed by atoms with Crippen LogP contribution in [-0.4, -0.2) is 27.4 Å². The van der Waals surface area contributed by atoms with Gasteiger partial charge in [0.2, 0.25) is 0 Å². The van der Waals surface area contributed by atoms with Crippen LogP contribution in [0.1, 0.15) is 30.1 Å². The molecular weight excluding hydrogens is 345 g/mol. The number of hydrogen-bond donors (Lipinski definition) is 1. The van der Waals surface area contributed by atoms with Crippen LogP contribution in [0.4, 0.5) is 19.0 Å². The lowest BCUT2D eigenvalue weighted by Gasteiger charge is -2.32. The Balaban J connectivity index is 1.80. The van der Waals surface area contributed by atoms with Crippen LogP contribution < -0.4 is 5.32 Å². The second-order valence-electron chi connectivity index (χ2n) is 5.68. The highest BCUT2D eigenvalue weighted by atomic mass is 35.5. The normalized spacial score (nSPS) is 21.7. The van der Waals surface area contributed by atoms with Crippen molar-refractivity contribution in [3.63, 3.8) is 0 Å². The fraction of sp³-hybridized carbons (Fsp3) is 0.467. The van der Waals surface area contributed by atoms with Gasteiger partial charge in [0.05, 0.1) is 22.8 Å². The van der Waals surface area contributed by atoms with E-state index in [4.69, 9.17) is 16.3 Å². The Morgan fingerprint density at radius 1 is 1.38 bits per heavy atom. The van der Waals surface area contributed by atoms with Crippen LogP contribution in [0, 0.1) is 0 Å². The number of hydrogen-bond acceptors (Lipinski definition) is 4. The van der Waals surface area contributed by atoms with E-state index in [1.165, 1.54) is 0 Å². The standard InChI is InChI=1S/C15H16ClF3N4O/c1-23-8-9(6-21-23)13-12(3-2-4-24-13)22-14-11(16)5-10(7-20-14)15(17,18)19/h5-8,12-13H,2-4H2,1H3,(H,20,22)/t12-,13+/m0/s1. The number of halogens is 4. The molecule has 0 saturated carbocycles. The lowest BCUT2D eigenvalue weighted by atomic mass is 9.98. The third-order valence-corrected chi connectivity index (χ3v) is 4.15. The second kappa shape index (κ2) is 6.60. The molecule has 1 N–H and O–H groups in total. The number of pyridine rings is 1. The average molecular weight is 361 g/mol. The average Bonchev–Trinajstić information content (AvgIpc) is 2.95. The minimum absolute atomic E-state index is 0.0691. The van der Waals surface area contributed by atoms with E-state index in [1.54, 1.807) is 10.9 Å². The third-order valence-electron chi connectivity index (χ3n) is 3.87. The number of anilines is 1. The molecule has 9 heteroatoms. The van der Waals surface area contributed by atoms with Gasteiger partial charge in [0.15, 0.2) is 0 Å². The number of alkyl halides is 3. The maximum Gasteiger partial charge on any atom is 0.417 e. The molecule has 2 aromatic rings. The van der Waals surface area contributed by atoms with E-state index in [0.29, 0.717) is 6.61 Å². The predicted octanol–water partition coefficient (Wildman–Crippen LogP) is 3.82. The van der Waals surface area contributed by atoms with Gasteiger partial charge in [-0.3, -0.25) is 4.68 Å². The molecule has 2 aromatic heterocycles. The van der Waals surface area contributed by atoms with E-state index in [0.717, 1.165) is 30.7 Å². The molecular formula is C15H16ClF3N4O. The molecule has 0 unspecified atom stereocenters. The molecule has 24 heavy (non-hydrogen) atoms. The summed E-state index contributed by atoms with van der Waals surface area (Å²) in [4.78, 5) is 3.83. The SMILES string of the molecule is Cn1cc([C@H]2OCCC[C@@H]2Nc2ncc(C(F)(F)F)cc2Cl)cn1. The van der Waals surface area contributed by atoms with Crippen molar-refractivity contribution in [2.24, 2.45) is 7.05 Å². The van der Waals surface area contributed by atoms with Gasteiger partial charge in [-0.25, -0.2) is 4.98 Å². The molecule has 1 aliphatic heterocycles. The highest BCUT2D eigenvalue weighted by Crippen LogP contribution is 2.35. The predicted molar refractivity (Wildman–Crippen MR) is 82.8 cm³/mol. The van der Waals surface area contributed by atoms with Gasteiger partial charge in [-0.05, 0) is 18.9 Å². The first-order valence-corrected chi connectivity index (χ1v) is 7.82. The first-order chi connectivity index (χ1) is 11.3. The molecule has 3 rings (SSSR count). The summed E-state index contributed by atoms with van der Waals surface area (Å²) in [5.74, 6) is 0.217. The Kier molecular flexibility index (Phi) is 4.69. The van der Waals surface area contributed by atoms with Crippen LogP contribution in [0.3, 0.4) is 0 Å². The van der Waals surface area contributed by atoms with Crippen molar-refractivity contribution in [1.82, 2.24) is 14.8 Å². The molecule has 3 heterocycles. The van der Waals surface area contributed by atoms with E-state index >= 15 is 0 Å². The summed E-state index contributed by atoms with van der Waals surface area (Å²) < 4.78 is 45.6. The number of aryl methyl sites for hydroxylation is 1. The van der Waals surface area contributed by atoms with Crippen LogP contribution in [-0.2, 0) is 18.0 Å². The number of ether oxygens (including phenoxy) is 1. The van der Waals surface area contributed by atoms with Gasteiger partial charge >= 0.3 is 6.18 Å². The van der Waals surface area contributed by atoms with E-state index in [9.17, 15) is 13.2 Å². The molecule has 130 valence electrons. The molecule has 0 spiro atoms. The van der Waals surface area contributed by atoms with Gasteiger partial charge in [-0.1, -0.05) is 11.6 Å². The summed E-state index contributed by atoms with van der Waals surface area (Å²) in [7, 11) is 1.81. The zero-order valence-electron chi connectivity index (χ0n) is 12.8. The van der Waals surface area contributed by atoms with Crippen LogP contribution in [0.25, 0.3) is 0 Å². The highest BCUT2D eigenvalue weighted by Gasteiger charge is 2.33. The zero-order valence-corrected chi connectivity index (χ0v) is 13.6. The van der Waals surface area contributed by atoms with Crippen molar-refractivity contribution in [2.45, 2.75) is 31.2 Å². The lowest BCUT2D eigenvalue weighted by molar-refractivity contribution is -0.137. The zero-order chi connectivity index (χ0) is 17.3. The quantitative estimate of drug-likeness (QED) is 0.904. The van der Waals surface area contributed by atoms with E-state index < -0.39 is 11.7 Å². The van der Waals surface area contributed by atoms with Gasteiger partial charge in [0.1, 0.15) is 11.9 Å². The molecule has 1 saturated heterocycles. The third kappa shape index (κ3) is 3.64. The summed E-state index contributed by atoms with van der Waals surface area (Å²) in [5.41, 5.74) is 0.0273. The van der Waals surface area contributed by atoms with Crippen LogP contribution in [0.15, 0.2) is 24.7 Å². The van der Waals surface area contributed by atoms with Gasteiger partial charge in [-0.2, -0.15) is 18.3 Å². The van der Waals surface area contributed by atoms with Gasteiger partial charge < -0.3 is 10.1 Å². The van der Waals surface area contributed by atoms with Crippen LogP contribution in [0.5, 0.6) is 0 Å². The Morgan fingerprint density at radius 2 is 2.17 bits per heavy atom. The fourth-order valence-electron chi connectivity index (χ4n) is 2.72. The Labute approximate surface area is 141 Å². The summed E-state index contributed by atoms with van der Waals surface area (Å²) in [6.45, 7) is 0.617. The Bertz CT molecular complexity index is 719. The largest absolute Gasteiger partial charge is 0.417 e. The molecule has 0 aliphatic carbocycles. The smallest absolute Gasteiger partial charge is 0.371 e. The first kappa shape index (κ1) is 17.0. The molecule has 2 atom stereocenters. The van der Waals surface area contributed by atoms with E-state index in [1.807, 2.05) is 13.2 Å². The molecule has 1 fully saturated rings. The van der Waals surface area contributed by atoms with Crippen molar-refractivity contribution in [3.05, 3.63) is 40.8 Å². The van der Waals surface area contributed by atoms with Gasteiger partial charge in [0.25, 0.3) is 0 Å². The molecule has 0 radical (unpaired) electrons. The van der Waals surface area contributed by atoms with Gasteiger partial charge in [-0.15, -0.1) is 0 Å². The van der Waals surface area contributed by atoms with E-state index in [-0.39, 0.29) is 23.0 Å². The summed E-state index contributed by atoms with van der Waals surface area (Å²) >= 11 is 5.97. The maximum atomic E-state index is 12.7. The van der Waals surface area contributed by atoms with Crippen molar-refractivity contribution >= 4 is 17.4 Å². The highest BCUT2D eigenvalue weighted by molar-refractivity contribution is 6.33. The van der Waals surface area contributed by atoms with Crippen LogP contribution >= 0.6 is 11.6 Å². The Hall–Kier alpha value is -1.80. The minimum Gasteiger partial charge on any atom is -0.371 e. The van der Waals surface area contributed by atoms with Crippen molar-refractivity contribution in [1.29, 1.82) is 0 Å². The van der Waals surface area contributed by atoms with Crippen LogP contribution in [0.2, 0.25) is 5.02 Å². The lowest BCUT2D eigenvalue weighted by Crippen LogP contribution is -2.34. The van der Waals surface area contributed by atoms with Crippen molar-refractivity contribution < 1.29 is 17.9 Å².